The number of fused-ring (bicyclic) bond motifs is 1. The first-order chi connectivity index (χ1) is 13.5. The predicted octanol–water partition coefficient (Wildman–Crippen LogP) is 2.12. The highest BCUT2D eigenvalue weighted by Gasteiger charge is 2.17. The van der Waals surface area contributed by atoms with Crippen LogP contribution in [-0.4, -0.2) is 39.1 Å². The summed E-state index contributed by atoms with van der Waals surface area (Å²) in [7, 11) is 2.87. The van der Waals surface area contributed by atoms with Crippen molar-refractivity contribution < 1.29 is 33.3 Å². The molecule has 2 aromatic carbocycles. The van der Waals surface area contributed by atoms with Crippen molar-refractivity contribution >= 4 is 18.1 Å². The molecule has 1 heterocycles. The number of ether oxygens (including phenoxy) is 5. The second kappa shape index (κ2) is 8.30. The third-order valence-electron chi connectivity index (χ3n) is 3.74. The van der Waals surface area contributed by atoms with E-state index in [4.69, 9.17) is 23.7 Å². The number of nitrogens with zero attached hydrogens (tertiary/aromatic N) is 1. The normalized spacial score (nSPS) is 12.0. The van der Waals surface area contributed by atoms with E-state index in [-0.39, 0.29) is 24.0 Å². The van der Waals surface area contributed by atoms with E-state index in [9.17, 15) is 9.59 Å². The second-order valence-electron chi connectivity index (χ2n) is 5.62. The lowest BCUT2D eigenvalue weighted by Crippen LogP contribution is -2.17. The lowest BCUT2D eigenvalue weighted by atomic mass is 10.2. The van der Waals surface area contributed by atoms with Crippen LogP contribution in [0.1, 0.15) is 22.8 Å². The Balaban J connectivity index is 1.74. The summed E-state index contributed by atoms with van der Waals surface area (Å²) in [6.07, 6.45) is 1.41. The van der Waals surface area contributed by atoms with Gasteiger partial charge in [0.25, 0.3) is 5.91 Å². The highest BCUT2D eigenvalue weighted by molar-refractivity contribution is 5.95. The van der Waals surface area contributed by atoms with E-state index in [0.29, 0.717) is 22.6 Å². The van der Waals surface area contributed by atoms with E-state index in [2.05, 4.69) is 10.5 Å². The number of hydrogen-bond acceptors (Lipinski definition) is 8. The van der Waals surface area contributed by atoms with Crippen LogP contribution in [0, 0.1) is 0 Å². The molecule has 9 nitrogen and oxygen atoms in total. The summed E-state index contributed by atoms with van der Waals surface area (Å²) in [5, 5.41) is 3.94. The summed E-state index contributed by atoms with van der Waals surface area (Å²) >= 11 is 0. The molecule has 1 aliphatic heterocycles. The molecule has 0 aromatic heterocycles. The van der Waals surface area contributed by atoms with Gasteiger partial charge in [0.2, 0.25) is 12.5 Å². The van der Waals surface area contributed by atoms with Crippen molar-refractivity contribution in [3.05, 3.63) is 41.5 Å². The molecular weight excluding hydrogens is 368 g/mol. The van der Waals surface area contributed by atoms with Crippen LogP contribution >= 0.6 is 0 Å². The molecule has 1 aliphatic rings. The standard InChI is InChI=1S/C19H18N2O7/c1-11(22)28-18-16(24-2)6-12(7-17(18)25-3)9-20-21-19(23)13-4-5-14-15(8-13)27-10-26-14/h4-9H,10H2,1-3H3,(H,21,23)/b20-9-. The maximum atomic E-state index is 12.2. The van der Waals surface area contributed by atoms with Crippen LogP contribution < -0.4 is 29.1 Å². The van der Waals surface area contributed by atoms with Gasteiger partial charge < -0.3 is 23.7 Å². The predicted molar refractivity (Wildman–Crippen MR) is 98.5 cm³/mol. The van der Waals surface area contributed by atoms with Crippen LogP contribution in [0.15, 0.2) is 35.4 Å². The first kappa shape index (κ1) is 19.0. The lowest BCUT2D eigenvalue weighted by Gasteiger charge is -2.13. The van der Waals surface area contributed by atoms with Crippen LogP contribution in [0.3, 0.4) is 0 Å². The molecule has 0 fully saturated rings. The Bertz CT molecular complexity index is 915. The topological polar surface area (TPSA) is 105 Å². The number of methoxy groups -OCH3 is 2. The van der Waals surface area contributed by atoms with Crippen LogP contribution in [0.25, 0.3) is 0 Å². The molecule has 0 radical (unpaired) electrons. The third-order valence-corrected chi connectivity index (χ3v) is 3.74. The molecule has 0 atom stereocenters. The van der Waals surface area contributed by atoms with Crippen LogP contribution in [0.2, 0.25) is 0 Å². The summed E-state index contributed by atoms with van der Waals surface area (Å²) in [4.78, 5) is 23.5. The van der Waals surface area contributed by atoms with Crippen molar-refractivity contribution in [2.45, 2.75) is 6.92 Å². The minimum absolute atomic E-state index is 0.131. The fourth-order valence-electron chi connectivity index (χ4n) is 2.49. The molecule has 2 aromatic rings. The highest BCUT2D eigenvalue weighted by Crippen LogP contribution is 2.38. The fourth-order valence-corrected chi connectivity index (χ4v) is 2.49. The Morgan fingerprint density at radius 2 is 1.75 bits per heavy atom. The monoisotopic (exact) mass is 386 g/mol. The smallest absolute Gasteiger partial charge is 0.308 e. The summed E-state index contributed by atoms with van der Waals surface area (Å²) in [5.41, 5.74) is 3.37. The zero-order chi connectivity index (χ0) is 20.1. The van der Waals surface area contributed by atoms with E-state index in [1.54, 1.807) is 30.3 Å². The number of carbonyl (C=O) groups is 2. The van der Waals surface area contributed by atoms with Gasteiger partial charge in [-0.2, -0.15) is 5.10 Å². The Labute approximate surface area is 160 Å². The number of nitrogens with one attached hydrogen (secondary N) is 1. The minimum Gasteiger partial charge on any atom is -0.493 e. The second-order valence-corrected chi connectivity index (χ2v) is 5.62. The van der Waals surface area contributed by atoms with Crippen molar-refractivity contribution in [3.63, 3.8) is 0 Å². The van der Waals surface area contributed by atoms with E-state index in [1.807, 2.05) is 0 Å². The van der Waals surface area contributed by atoms with Crippen molar-refractivity contribution in [2.24, 2.45) is 5.10 Å². The Hall–Kier alpha value is -3.75. The zero-order valence-electron chi connectivity index (χ0n) is 15.5. The van der Waals surface area contributed by atoms with Crippen molar-refractivity contribution in [2.75, 3.05) is 21.0 Å². The van der Waals surface area contributed by atoms with Gasteiger partial charge in [0.15, 0.2) is 23.0 Å². The van der Waals surface area contributed by atoms with Gasteiger partial charge in [0.1, 0.15) is 0 Å². The van der Waals surface area contributed by atoms with E-state index in [0.717, 1.165) is 0 Å². The number of hydrazone groups is 1. The molecule has 0 aliphatic carbocycles. The van der Waals surface area contributed by atoms with Gasteiger partial charge in [-0.15, -0.1) is 0 Å². The largest absolute Gasteiger partial charge is 0.493 e. The first-order valence-corrected chi connectivity index (χ1v) is 8.19. The van der Waals surface area contributed by atoms with Gasteiger partial charge >= 0.3 is 5.97 Å². The molecule has 1 amide bonds. The Morgan fingerprint density at radius 3 is 2.39 bits per heavy atom. The molecule has 0 saturated carbocycles. The molecule has 146 valence electrons. The Kier molecular flexibility index (Phi) is 5.64. The zero-order valence-corrected chi connectivity index (χ0v) is 15.5. The maximum absolute atomic E-state index is 12.2. The SMILES string of the molecule is COc1cc(/C=N\NC(=O)c2ccc3c(c2)OCO3)cc(OC)c1OC(C)=O. The molecule has 0 saturated heterocycles. The molecule has 3 rings (SSSR count). The summed E-state index contributed by atoms with van der Waals surface area (Å²) in [6, 6.07) is 8.03. The molecule has 0 unspecified atom stereocenters. The van der Waals surface area contributed by atoms with Gasteiger partial charge in [0, 0.05) is 18.1 Å². The maximum Gasteiger partial charge on any atom is 0.308 e. The van der Waals surface area contributed by atoms with Gasteiger partial charge in [-0.3, -0.25) is 9.59 Å². The van der Waals surface area contributed by atoms with Crippen LogP contribution in [-0.2, 0) is 4.79 Å². The molecule has 1 N–H and O–H groups in total. The molecule has 28 heavy (non-hydrogen) atoms. The summed E-state index contributed by atoms with van der Waals surface area (Å²) in [5.74, 6) is 0.925. The van der Waals surface area contributed by atoms with Gasteiger partial charge in [0.05, 0.1) is 20.4 Å². The fraction of sp³-hybridized carbons (Fsp3) is 0.211. The van der Waals surface area contributed by atoms with Crippen molar-refractivity contribution in [3.8, 4) is 28.7 Å². The van der Waals surface area contributed by atoms with Crippen LogP contribution in [0.4, 0.5) is 0 Å². The van der Waals surface area contributed by atoms with Gasteiger partial charge in [-0.1, -0.05) is 0 Å². The summed E-state index contributed by atoms with van der Waals surface area (Å²) < 4.78 is 26.1. The molecular formula is C19H18N2O7. The number of carbonyl (C=O) groups excluding carboxylic acids is 2. The van der Waals surface area contributed by atoms with Gasteiger partial charge in [-0.25, -0.2) is 5.43 Å². The van der Waals surface area contributed by atoms with Crippen molar-refractivity contribution in [1.82, 2.24) is 5.43 Å². The van der Waals surface area contributed by atoms with Crippen LogP contribution in [0.5, 0.6) is 28.7 Å². The van der Waals surface area contributed by atoms with E-state index >= 15 is 0 Å². The first-order valence-electron chi connectivity index (χ1n) is 8.19. The van der Waals surface area contributed by atoms with Crippen molar-refractivity contribution in [1.29, 1.82) is 0 Å². The summed E-state index contributed by atoms with van der Waals surface area (Å²) in [6.45, 7) is 1.41. The Morgan fingerprint density at radius 1 is 1.07 bits per heavy atom. The molecule has 0 spiro atoms. The van der Waals surface area contributed by atoms with E-state index < -0.39 is 11.9 Å². The molecule has 9 heteroatoms. The number of hydrogen-bond donors (Lipinski definition) is 1. The number of benzene rings is 2. The lowest BCUT2D eigenvalue weighted by molar-refractivity contribution is -0.132. The quantitative estimate of drug-likeness (QED) is 0.351. The number of rotatable bonds is 6. The van der Waals surface area contributed by atoms with Gasteiger partial charge in [-0.05, 0) is 30.3 Å². The molecule has 0 bridgehead atoms. The number of esters is 1. The van der Waals surface area contributed by atoms with E-state index in [1.165, 1.54) is 27.4 Å². The third kappa shape index (κ3) is 4.14. The highest BCUT2D eigenvalue weighted by atomic mass is 16.7. The average Bonchev–Trinajstić information content (AvgIpc) is 3.16. The minimum atomic E-state index is -0.506. The number of amides is 1. The average molecular weight is 386 g/mol.